The first-order valence-electron chi connectivity index (χ1n) is 9.31. The predicted octanol–water partition coefficient (Wildman–Crippen LogP) is 3.75. The Morgan fingerprint density at radius 2 is 1.96 bits per heavy atom. The zero-order valence-electron chi connectivity index (χ0n) is 15.5. The largest absolute Gasteiger partial charge is 0.493 e. The van der Waals surface area contributed by atoms with Crippen LogP contribution < -0.4 is 10.1 Å². The van der Waals surface area contributed by atoms with Gasteiger partial charge in [-0.3, -0.25) is 0 Å². The Labute approximate surface area is 142 Å². The Morgan fingerprint density at radius 1 is 1.22 bits per heavy atom. The summed E-state index contributed by atoms with van der Waals surface area (Å²) in [7, 11) is 0. The van der Waals surface area contributed by atoms with Crippen LogP contribution in [0.25, 0.3) is 0 Å². The average Bonchev–Trinajstić information content (AvgIpc) is 2.55. The number of hydrogen-bond acceptors (Lipinski definition) is 3. The van der Waals surface area contributed by atoms with Crippen molar-refractivity contribution in [3.8, 4) is 5.75 Å². The van der Waals surface area contributed by atoms with Gasteiger partial charge in [0.1, 0.15) is 5.75 Å². The fourth-order valence-corrected chi connectivity index (χ4v) is 3.13. The summed E-state index contributed by atoms with van der Waals surface area (Å²) in [4.78, 5) is 2.57. The van der Waals surface area contributed by atoms with E-state index in [2.05, 4.69) is 50.0 Å². The summed E-state index contributed by atoms with van der Waals surface area (Å²) in [6.45, 7) is 15.5. The monoisotopic (exact) mass is 318 g/mol. The number of piperazine rings is 1. The molecule has 1 aliphatic rings. The van der Waals surface area contributed by atoms with Gasteiger partial charge in [-0.2, -0.15) is 0 Å². The molecule has 1 aromatic carbocycles. The SMILES string of the molecule is CCCCOc1cc(C)c(CCN2CCNCC2)cc1C(C)C. The highest BCUT2D eigenvalue weighted by atomic mass is 16.5. The van der Waals surface area contributed by atoms with Crippen LogP contribution in [0.4, 0.5) is 0 Å². The zero-order valence-corrected chi connectivity index (χ0v) is 15.5. The summed E-state index contributed by atoms with van der Waals surface area (Å²) in [6.07, 6.45) is 3.45. The van der Waals surface area contributed by atoms with Crippen molar-refractivity contribution < 1.29 is 4.74 Å². The summed E-state index contributed by atoms with van der Waals surface area (Å²) in [6, 6.07) is 4.65. The van der Waals surface area contributed by atoms with Crippen LogP contribution in [0.1, 0.15) is 56.2 Å². The van der Waals surface area contributed by atoms with Crippen LogP contribution in [0.3, 0.4) is 0 Å². The summed E-state index contributed by atoms with van der Waals surface area (Å²) in [5.41, 5.74) is 4.22. The number of unbranched alkanes of at least 4 members (excludes halogenated alkanes) is 1. The Morgan fingerprint density at radius 3 is 2.61 bits per heavy atom. The van der Waals surface area contributed by atoms with Crippen LogP contribution in [0.15, 0.2) is 12.1 Å². The van der Waals surface area contributed by atoms with E-state index in [1.165, 1.54) is 36.2 Å². The van der Waals surface area contributed by atoms with Gasteiger partial charge in [0.25, 0.3) is 0 Å². The second-order valence-electron chi connectivity index (χ2n) is 7.01. The minimum absolute atomic E-state index is 0.505. The van der Waals surface area contributed by atoms with E-state index in [0.29, 0.717) is 5.92 Å². The van der Waals surface area contributed by atoms with Gasteiger partial charge in [0.2, 0.25) is 0 Å². The quantitative estimate of drug-likeness (QED) is 0.739. The van der Waals surface area contributed by atoms with E-state index >= 15 is 0 Å². The van der Waals surface area contributed by atoms with E-state index in [1.54, 1.807) is 0 Å². The van der Waals surface area contributed by atoms with Crippen molar-refractivity contribution in [2.45, 2.75) is 52.9 Å². The van der Waals surface area contributed by atoms with Gasteiger partial charge in [0.15, 0.2) is 0 Å². The van der Waals surface area contributed by atoms with Gasteiger partial charge >= 0.3 is 0 Å². The fraction of sp³-hybridized carbons (Fsp3) is 0.700. The molecule has 1 aliphatic heterocycles. The van der Waals surface area contributed by atoms with Crippen LogP contribution >= 0.6 is 0 Å². The van der Waals surface area contributed by atoms with Crippen LogP contribution in [0.2, 0.25) is 0 Å². The first kappa shape index (κ1) is 18.3. The third-order valence-electron chi connectivity index (χ3n) is 4.75. The summed E-state index contributed by atoms with van der Waals surface area (Å²) in [5, 5.41) is 3.42. The van der Waals surface area contributed by atoms with Crippen molar-refractivity contribution in [3.05, 3.63) is 28.8 Å². The van der Waals surface area contributed by atoms with Crippen LogP contribution in [0, 0.1) is 6.92 Å². The van der Waals surface area contributed by atoms with E-state index in [4.69, 9.17) is 4.74 Å². The second kappa shape index (κ2) is 9.29. The van der Waals surface area contributed by atoms with Gasteiger partial charge in [0.05, 0.1) is 6.61 Å². The van der Waals surface area contributed by atoms with Gasteiger partial charge in [-0.1, -0.05) is 33.3 Å². The molecule has 0 spiro atoms. The summed E-state index contributed by atoms with van der Waals surface area (Å²) in [5.74, 6) is 1.60. The Hall–Kier alpha value is -1.06. The topological polar surface area (TPSA) is 24.5 Å². The van der Waals surface area contributed by atoms with Crippen LogP contribution in [-0.4, -0.2) is 44.2 Å². The van der Waals surface area contributed by atoms with E-state index < -0.39 is 0 Å². The molecule has 23 heavy (non-hydrogen) atoms. The van der Waals surface area contributed by atoms with Gasteiger partial charge < -0.3 is 15.0 Å². The standard InChI is InChI=1S/C20H34N2O/c1-5-6-13-23-20-14-17(4)18(15-19(20)16(2)3)7-10-22-11-8-21-9-12-22/h14-16,21H,5-13H2,1-4H3. The van der Waals surface area contributed by atoms with Gasteiger partial charge in [0, 0.05) is 32.7 Å². The van der Waals surface area contributed by atoms with Crippen molar-refractivity contribution in [2.75, 3.05) is 39.3 Å². The highest BCUT2D eigenvalue weighted by molar-refractivity contribution is 5.44. The van der Waals surface area contributed by atoms with Crippen molar-refractivity contribution in [1.29, 1.82) is 0 Å². The van der Waals surface area contributed by atoms with Crippen molar-refractivity contribution in [2.24, 2.45) is 0 Å². The molecule has 3 nitrogen and oxygen atoms in total. The highest BCUT2D eigenvalue weighted by Crippen LogP contribution is 2.30. The lowest BCUT2D eigenvalue weighted by Gasteiger charge is -2.27. The number of nitrogens with zero attached hydrogens (tertiary/aromatic N) is 1. The maximum Gasteiger partial charge on any atom is 0.123 e. The Balaban J connectivity index is 2.05. The average molecular weight is 319 g/mol. The smallest absolute Gasteiger partial charge is 0.123 e. The molecule has 1 fully saturated rings. The maximum atomic E-state index is 6.05. The Kier molecular flexibility index (Phi) is 7.38. The molecule has 2 rings (SSSR count). The third kappa shape index (κ3) is 5.50. The fourth-order valence-electron chi connectivity index (χ4n) is 3.13. The van der Waals surface area contributed by atoms with Gasteiger partial charge in [-0.15, -0.1) is 0 Å². The molecule has 1 saturated heterocycles. The number of nitrogens with one attached hydrogen (secondary N) is 1. The molecular formula is C20H34N2O. The minimum Gasteiger partial charge on any atom is -0.493 e. The van der Waals surface area contributed by atoms with Gasteiger partial charge in [-0.25, -0.2) is 0 Å². The lowest BCUT2D eigenvalue weighted by atomic mass is 9.95. The van der Waals surface area contributed by atoms with E-state index in [0.717, 1.165) is 44.8 Å². The maximum absolute atomic E-state index is 6.05. The van der Waals surface area contributed by atoms with E-state index in [9.17, 15) is 0 Å². The van der Waals surface area contributed by atoms with Crippen LogP contribution in [0.5, 0.6) is 5.75 Å². The molecule has 1 N–H and O–H groups in total. The molecular weight excluding hydrogens is 284 g/mol. The second-order valence-corrected chi connectivity index (χ2v) is 7.01. The van der Waals surface area contributed by atoms with Gasteiger partial charge in [-0.05, 0) is 48.4 Å². The zero-order chi connectivity index (χ0) is 16.7. The lowest BCUT2D eigenvalue weighted by Crippen LogP contribution is -2.44. The van der Waals surface area contributed by atoms with Crippen LogP contribution in [-0.2, 0) is 6.42 Å². The molecule has 130 valence electrons. The predicted molar refractivity (Wildman–Crippen MR) is 98.7 cm³/mol. The number of benzene rings is 1. The number of ether oxygens (including phenoxy) is 1. The normalized spacial score (nSPS) is 16.0. The molecule has 0 amide bonds. The molecule has 1 aromatic rings. The summed E-state index contributed by atoms with van der Waals surface area (Å²) < 4.78 is 6.05. The third-order valence-corrected chi connectivity index (χ3v) is 4.75. The van der Waals surface area contributed by atoms with Crippen molar-refractivity contribution in [3.63, 3.8) is 0 Å². The highest BCUT2D eigenvalue weighted by Gasteiger charge is 2.14. The lowest BCUT2D eigenvalue weighted by molar-refractivity contribution is 0.243. The minimum atomic E-state index is 0.505. The van der Waals surface area contributed by atoms with Crippen molar-refractivity contribution >= 4 is 0 Å². The first-order chi connectivity index (χ1) is 11.1. The number of aryl methyl sites for hydroxylation is 1. The van der Waals surface area contributed by atoms with E-state index in [1.807, 2.05) is 0 Å². The molecule has 0 radical (unpaired) electrons. The number of rotatable bonds is 8. The molecule has 0 bridgehead atoms. The van der Waals surface area contributed by atoms with Crippen molar-refractivity contribution in [1.82, 2.24) is 10.2 Å². The molecule has 0 atom stereocenters. The van der Waals surface area contributed by atoms with E-state index in [-0.39, 0.29) is 0 Å². The number of hydrogen-bond donors (Lipinski definition) is 1. The molecule has 3 heteroatoms. The molecule has 0 aromatic heterocycles. The molecule has 0 aliphatic carbocycles. The first-order valence-corrected chi connectivity index (χ1v) is 9.31. The Bertz CT molecular complexity index is 479. The molecule has 1 heterocycles. The molecule has 0 saturated carbocycles. The summed E-state index contributed by atoms with van der Waals surface area (Å²) >= 11 is 0. The molecule has 0 unspecified atom stereocenters.